The Bertz CT molecular complexity index is 1040. The number of amides is 1. The third-order valence-corrected chi connectivity index (χ3v) is 6.55. The molecule has 2 aromatic carbocycles. The number of rotatable bonds is 14. The zero-order chi connectivity index (χ0) is 25.1. The van der Waals surface area contributed by atoms with Gasteiger partial charge in [0.15, 0.2) is 11.5 Å². The molecule has 9 heteroatoms. The molecule has 1 amide bonds. The van der Waals surface area contributed by atoms with Gasteiger partial charge in [0.25, 0.3) is 0 Å². The maximum absolute atomic E-state index is 12.5. The van der Waals surface area contributed by atoms with Crippen LogP contribution in [0.2, 0.25) is 0 Å². The van der Waals surface area contributed by atoms with Crippen molar-refractivity contribution in [2.45, 2.75) is 40.2 Å². The fourth-order valence-electron chi connectivity index (χ4n) is 3.21. The maximum Gasteiger partial charge on any atom is 0.238 e. The van der Waals surface area contributed by atoms with E-state index in [4.69, 9.17) is 14.2 Å². The van der Waals surface area contributed by atoms with E-state index in [1.807, 2.05) is 49.4 Å². The van der Waals surface area contributed by atoms with Crippen LogP contribution in [0, 0.1) is 12.8 Å². The van der Waals surface area contributed by atoms with Gasteiger partial charge in [0, 0.05) is 6.54 Å². The molecule has 0 aliphatic carbocycles. The molecule has 1 unspecified atom stereocenters. The Morgan fingerprint density at radius 1 is 1.03 bits per heavy atom. The second kappa shape index (κ2) is 13.2. The molecule has 0 bridgehead atoms. The molecule has 2 rings (SSSR count). The van der Waals surface area contributed by atoms with Crippen molar-refractivity contribution in [2.24, 2.45) is 5.92 Å². The molecule has 0 aliphatic rings. The van der Waals surface area contributed by atoms with Crippen LogP contribution in [-0.2, 0) is 21.2 Å². The normalized spacial score (nSPS) is 12.3. The van der Waals surface area contributed by atoms with Crippen LogP contribution in [0.4, 0.5) is 0 Å². The minimum atomic E-state index is -3.48. The van der Waals surface area contributed by atoms with Gasteiger partial charge in [-0.1, -0.05) is 32.0 Å². The van der Waals surface area contributed by atoms with E-state index in [0.717, 1.165) is 16.9 Å². The van der Waals surface area contributed by atoms with Gasteiger partial charge in [-0.2, -0.15) is 0 Å². The Kier molecular flexibility index (Phi) is 10.7. The molecule has 0 fully saturated rings. The van der Waals surface area contributed by atoms with Gasteiger partial charge >= 0.3 is 0 Å². The smallest absolute Gasteiger partial charge is 0.238 e. The van der Waals surface area contributed by atoms with Gasteiger partial charge in [0.1, 0.15) is 25.0 Å². The number of sulfonamides is 1. The minimum Gasteiger partial charge on any atom is -0.493 e. The lowest BCUT2D eigenvalue weighted by Crippen LogP contribution is -2.50. The highest BCUT2D eigenvalue weighted by Gasteiger charge is 2.26. The molecular formula is C25H36N2O6S. The summed E-state index contributed by atoms with van der Waals surface area (Å²) in [6, 6.07) is 12.6. The third kappa shape index (κ3) is 8.87. The van der Waals surface area contributed by atoms with E-state index in [-0.39, 0.29) is 17.6 Å². The summed E-state index contributed by atoms with van der Waals surface area (Å²) < 4.78 is 43.2. The molecule has 2 aromatic rings. The van der Waals surface area contributed by atoms with Gasteiger partial charge in [0.05, 0.1) is 12.9 Å². The first-order chi connectivity index (χ1) is 16.1. The zero-order valence-electron chi connectivity index (χ0n) is 20.6. The summed E-state index contributed by atoms with van der Waals surface area (Å²) in [4.78, 5) is 12.5. The van der Waals surface area contributed by atoms with Crippen molar-refractivity contribution >= 4 is 15.9 Å². The standard InChI is InChI=1S/C25H36N2O6S/c1-6-34(29,30)27-24(18(2)3)25(28)26-13-12-20-10-11-22(23(17-20)31-5)33-15-14-32-21-9-7-8-19(4)16-21/h7-11,16-18,24,27H,6,12-15H2,1-5H3,(H,26,28). The molecule has 8 nitrogen and oxygen atoms in total. The SMILES string of the molecule is CCS(=O)(=O)NC(C(=O)NCCc1ccc(OCCOc2cccc(C)c2)c(OC)c1)C(C)C. The Labute approximate surface area is 203 Å². The van der Waals surface area contributed by atoms with Crippen LogP contribution in [0.5, 0.6) is 17.2 Å². The molecule has 0 aromatic heterocycles. The van der Waals surface area contributed by atoms with Crippen LogP contribution in [0.1, 0.15) is 31.9 Å². The molecule has 0 spiro atoms. The third-order valence-electron chi connectivity index (χ3n) is 5.18. The molecule has 0 heterocycles. The van der Waals surface area contributed by atoms with E-state index in [0.29, 0.717) is 37.7 Å². The zero-order valence-corrected chi connectivity index (χ0v) is 21.4. The van der Waals surface area contributed by atoms with Crippen molar-refractivity contribution in [1.29, 1.82) is 0 Å². The number of benzene rings is 2. The van der Waals surface area contributed by atoms with Crippen molar-refractivity contribution in [3.8, 4) is 17.2 Å². The van der Waals surface area contributed by atoms with Crippen LogP contribution < -0.4 is 24.2 Å². The van der Waals surface area contributed by atoms with Gasteiger partial charge < -0.3 is 19.5 Å². The molecule has 2 N–H and O–H groups in total. The van der Waals surface area contributed by atoms with Crippen molar-refractivity contribution < 1.29 is 27.4 Å². The average Bonchev–Trinajstić information content (AvgIpc) is 2.80. The quantitative estimate of drug-likeness (QED) is 0.393. The molecule has 0 aliphatic heterocycles. The average molecular weight is 493 g/mol. The lowest BCUT2D eigenvalue weighted by molar-refractivity contribution is -0.123. The highest BCUT2D eigenvalue weighted by atomic mass is 32.2. The van der Waals surface area contributed by atoms with E-state index in [1.54, 1.807) is 21.0 Å². The summed E-state index contributed by atoms with van der Waals surface area (Å²) in [7, 11) is -1.90. The van der Waals surface area contributed by atoms with Gasteiger partial charge in [-0.05, 0) is 61.6 Å². The van der Waals surface area contributed by atoms with E-state index in [9.17, 15) is 13.2 Å². The number of methoxy groups -OCH3 is 1. The summed E-state index contributed by atoms with van der Waals surface area (Å²) in [5, 5.41) is 2.82. The number of ether oxygens (including phenoxy) is 3. The summed E-state index contributed by atoms with van der Waals surface area (Å²) in [6.45, 7) is 8.29. The Morgan fingerprint density at radius 3 is 2.41 bits per heavy atom. The molecule has 1 atom stereocenters. The van der Waals surface area contributed by atoms with Crippen molar-refractivity contribution in [1.82, 2.24) is 10.0 Å². The van der Waals surface area contributed by atoms with E-state index in [2.05, 4.69) is 10.0 Å². The van der Waals surface area contributed by atoms with Crippen molar-refractivity contribution in [3.05, 3.63) is 53.6 Å². The minimum absolute atomic E-state index is 0.0736. The maximum atomic E-state index is 12.5. The van der Waals surface area contributed by atoms with Gasteiger partial charge in [-0.15, -0.1) is 0 Å². The first-order valence-corrected chi connectivity index (χ1v) is 13.1. The predicted octanol–water partition coefficient (Wildman–Crippen LogP) is 3.08. The molecule has 188 valence electrons. The molecular weight excluding hydrogens is 456 g/mol. The number of hydrogen-bond acceptors (Lipinski definition) is 6. The first-order valence-electron chi connectivity index (χ1n) is 11.4. The van der Waals surface area contributed by atoms with E-state index >= 15 is 0 Å². The summed E-state index contributed by atoms with van der Waals surface area (Å²) >= 11 is 0. The van der Waals surface area contributed by atoms with Crippen molar-refractivity contribution in [2.75, 3.05) is 32.6 Å². The Hall–Kier alpha value is -2.78. The Balaban J connectivity index is 1.85. The number of hydrogen-bond donors (Lipinski definition) is 2. The number of aryl methyl sites for hydroxylation is 1. The molecule has 0 saturated heterocycles. The fraction of sp³-hybridized carbons (Fsp3) is 0.480. The van der Waals surface area contributed by atoms with E-state index < -0.39 is 16.1 Å². The van der Waals surface area contributed by atoms with E-state index in [1.165, 1.54) is 6.92 Å². The first kappa shape index (κ1) is 27.5. The largest absolute Gasteiger partial charge is 0.493 e. The van der Waals surface area contributed by atoms with Crippen LogP contribution >= 0.6 is 0 Å². The fourth-order valence-corrected chi connectivity index (χ4v) is 4.14. The topological polar surface area (TPSA) is 103 Å². The summed E-state index contributed by atoms with van der Waals surface area (Å²) in [5.41, 5.74) is 2.09. The lowest BCUT2D eigenvalue weighted by atomic mass is 10.0. The highest BCUT2D eigenvalue weighted by molar-refractivity contribution is 7.89. The lowest BCUT2D eigenvalue weighted by Gasteiger charge is -2.21. The second-order valence-electron chi connectivity index (χ2n) is 8.28. The van der Waals surface area contributed by atoms with Gasteiger partial charge in [-0.25, -0.2) is 13.1 Å². The molecule has 34 heavy (non-hydrogen) atoms. The highest BCUT2D eigenvalue weighted by Crippen LogP contribution is 2.28. The summed E-state index contributed by atoms with van der Waals surface area (Å²) in [5.74, 6) is 1.41. The number of carbonyl (C=O) groups is 1. The Morgan fingerprint density at radius 2 is 1.76 bits per heavy atom. The predicted molar refractivity (Wildman–Crippen MR) is 133 cm³/mol. The van der Waals surface area contributed by atoms with Crippen LogP contribution in [0.25, 0.3) is 0 Å². The molecule has 0 radical (unpaired) electrons. The van der Waals surface area contributed by atoms with Crippen LogP contribution in [0.15, 0.2) is 42.5 Å². The van der Waals surface area contributed by atoms with Crippen LogP contribution in [0.3, 0.4) is 0 Å². The van der Waals surface area contributed by atoms with Crippen LogP contribution in [-0.4, -0.2) is 53.0 Å². The van der Waals surface area contributed by atoms with Gasteiger partial charge in [0.2, 0.25) is 15.9 Å². The second-order valence-corrected chi connectivity index (χ2v) is 10.3. The van der Waals surface area contributed by atoms with Crippen molar-refractivity contribution in [3.63, 3.8) is 0 Å². The summed E-state index contributed by atoms with van der Waals surface area (Å²) in [6.07, 6.45) is 0.560. The monoisotopic (exact) mass is 492 g/mol. The number of carbonyl (C=O) groups excluding carboxylic acids is 1. The van der Waals surface area contributed by atoms with Gasteiger partial charge in [-0.3, -0.25) is 4.79 Å². The number of nitrogens with one attached hydrogen (secondary N) is 2. The molecule has 0 saturated carbocycles.